The lowest BCUT2D eigenvalue weighted by atomic mass is 9.94. The van der Waals surface area contributed by atoms with Gasteiger partial charge in [-0.15, -0.1) is 0 Å². The Hall–Kier alpha value is -0.370. The summed E-state index contributed by atoms with van der Waals surface area (Å²) in [5.74, 6) is 1.12. The van der Waals surface area contributed by atoms with Crippen LogP contribution in [0.3, 0.4) is 0 Å². The lowest BCUT2D eigenvalue weighted by molar-refractivity contribution is -0.121. The van der Waals surface area contributed by atoms with Crippen molar-refractivity contribution in [2.24, 2.45) is 17.8 Å². The average molecular weight is 170 g/mol. The SMILES string of the molecule is CC(=O)C(C)[C@H]1C[C@@H]1C(C)(C)O. The molecule has 0 aliphatic heterocycles. The molecule has 0 amide bonds. The molecule has 70 valence electrons. The van der Waals surface area contributed by atoms with E-state index < -0.39 is 5.60 Å². The maximum Gasteiger partial charge on any atom is 0.132 e. The predicted molar refractivity (Wildman–Crippen MR) is 47.7 cm³/mol. The maximum atomic E-state index is 11.0. The van der Waals surface area contributed by atoms with Crippen LogP contribution in [0.4, 0.5) is 0 Å². The molecular weight excluding hydrogens is 152 g/mol. The quantitative estimate of drug-likeness (QED) is 0.698. The Bertz CT molecular complexity index is 191. The minimum Gasteiger partial charge on any atom is -0.390 e. The Morgan fingerprint density at radius 3 is 2.33 bits per heavy atom. The molecule has 1 N–H and O–H groups in total. The zero-order chi connectivity index (χ0) is 9.52. The molecule has 0 heterocycles. The fraction of sp³-hybridized carbons (Fsp3) is 0.900. The van der Waals surface area contributed by atoms with Crippen LogP contribution in [0.5, 0.6) is 0 Å². The van der Waals surface area contributed by atoms with E-state index in [1.54, 1.807) is 6.92 Å². The van der Waals surface area contributed by atoms with Gasteiger partial charge in [-0.3, -0.25) is 4.79 Å². The second-order valence-electron chi connectivity index (χ2n) is 4.56. The third-order valence-corrected chi connectivity index (χ3v) is 3.03. The Balaban J connectivity index is 2.48. The normalized spacial score (nSPS) is 31.4. The van der Waals surface area contributed by atoms with E-state index in [0.29, 0.717) is 11.8 Å². The third-order valence-electron chi connectivity index (χ3n) is 3.03. The summed E-state index contributed by atoms with van der Waals surface area (Å²) in [6, 6.07) is 0. The number of hydrogen-bond acceptors (Lipinski definition) is 2. The molecule has 12 heavy (non-hydrogen) atoms. The molecule has 0 bridgehead atoms. The smallest absolute Gasteiger partial charge is 0.132 e. The summed E-state index contributed by atoms with van der Waals surface area (Å²) >= 11 is 0. The van der Waals surface area contributed by atoms with Gasteiger partial charge < -0.3 is 5.11 Å². The summed E-state index contributed by atoms with van der Waals surface area (Å²) in [5, 5.41) is 9.65. The van der Waals surface area contributed by atoms with Crippen molar-refractivity contribution in [2.45, 2.75) is 39.7 Å². The summed E-state index contributed by atoms with van der Waals surface area (Å²) < 4.78 is 0. The molecule has 0 aromatic carbocycles. The third kappa shape index (κ3) is 1.86. The van der Waals surface area contributed by atoms with Crippen LogP contribution in [0.25, 0.3) is 0 Å². The molecule has 2 heteroatoms. The topological polar surface area (TPSA) is 37.3 Å². The number of carbonyl (C=O) groups is 1. The van der Waals surface area contributed by atoms with Gasteiger partial charge in [0.15, 0.2) is 0 Å². The van der Waals surface area contributed by atoms with E-state index >= 15 is 0 Å². The molecule has 1 unspecified atom stereocenters. The van der Waals surface area contributed by atoms with Crippen LogP contribution in [0.1, 0.15) is 34.1 Å². The van der Waals surface area contributed by atoms with Gasteiger partial charge in [0, 0.05) is 5.92 Å². The van der Waals surface area contributed by atoms with E-state index in [1.807, 2.05) is 20.8 Å². The molecule has 1 aliphatic rings. The van der Waals surface area contributed by atoms with Crippen molar-refractivity contribution in [2.75, 3.05) is 0 Å². The first-order valence-electron chi connectivity index (χ1n) is 4.57. The van der Waals surface area contributed by atoms with Crippen molar-refractivity contribution in [1.29, 1.82) is 0 Å². The van der Waals surface area contributed by atoms with E-state index in [0.717, 1.165) is 6.42 Å². The fourth-order valence-electron chi connectivity index (χ4n) is 1.88. The van der Waals surface area contributed by atoms with E-state index in [2.05, 4.69) is 0 Å². The van der Waals surface area contributed by atoms with Crippen LogP contribution < -0.4 is 0 Å². The van der Waals surface area contributed by atoms with E-state index in [9.17, 15) is 9.90 Å². The molecule has 0 spiro atoms. The van der Waals surface area contributed by atoms with Crippen molar-refractivity contribution in [3.63, 3.8) is 0 Å². The van der Waals surface area contributed by atoms with Gasteiger partial charge in [-0.1, -0.05) is 6.92 Å². The minimum absolute atomic E-state index is 0.126. The molecule has 0 radical (unpaired) electrons. The van der Waals surface area contributed by atoms with Gasteiger partial charge >= 0.3 is 0 Å². The van der Waals surface area contributed by atoms with Crippen LogP contribution in [-0.2, 0) is 4.79 Å². The van der Waals surface area contributed by atoms with Crippen LogP contribution in [0, 0.1) is 17.8 Å². The van der Waals surface area contributed by atoms with Gasteiger partial charge in [-0.05, 0) is 39.0 Å². The first kappa shape index (κ1) is 9.72. The highest BCUT2D eigenvalue weighted by Gasteiger charge is 2.50. The molecule has 1 rings (SSSR count). The summed E-state index contributed by atoms with van der Waals surface area (Å²) in [6.45, 7) is 7.23. The monoisotopic (exact) mass is 170 g/mol. The van der Waals surface area contributed by atoms with Crippen LogP contribution in [0.15, 0.2) is 0 Å². The molecule has 0 saturated heterocycles. The number of hydrogen-bond donors (Lipinski definition) is 1. The standard InChI is InChI=1S/C10H18O2/c1-6(7(2)11)8-5-9(8)10(3,4)12/h6,8-9,12H,5H2,1-4H3/t6?,8-,9+/m1/s1. The Kier molecular flexibility index (Phi) is 2.30. The predicted octanol–water partition coefficient (Wildman–Crippen LogP) is 1.62. The molecule has 1 fully saturated rings. The van der Waals surface area contributed by atoms with Crippen molar-refractivity contribution < 1.29 is 9.90 Å². The highest BCUT2D eigenvalue weighted by Crippen LogP contribution is 2.50. The van der Waals surface area contributed by atoms with Gasteiger partial charge in [0.25, 0.3) is 0 Å². The highest BCUT2D eigenvalue weighted by atomic mass is 16.3. The van der Waals surface area contributed by atoms with Crippen molar-refractivity contribution in [3.8, 4) is 0 Å². The van der Waals surface area contributed by atoms with E-state index in [1.165, 1.54) is 0 Å². The first-order valence-corrected chi connectivity index (χ1v) is 4.57. The lowest BCUT2D eigenvalue weighted by Crippen LogP contribution is -2.24. The fourth-order valence-corrected chi connectivity index (χ4v) is 1.88. The summed E-state index contributed by atoms with van der Waals surface area (Å²) in [7, 11) is 0. The molecule has 1 saturated carbocycles. The zero-order valence-electron chi connectivity index (χ0n) is 8.29. The molecule has 0 aromatic rings. The van der Waals surface area contributed by atoms with Gasteiger partial charge in [0.05, 0.1) is 5.60 Å². The largest absolute Gasteiger partial charge is 0.390 e. The number of aliphatic hydroxyl groups is 1. The zero-order valence-corrected chi connectivity index (χ0v) is 8.29. The average Bonchev–Trinajstić information content (AvgIpc) is 2.61. The number of Topliss-reactive ketones (excluding diaryl/α,β-unsaturated/α-hetero) is 1. The minimum atomic E-state index is -0.603. The summed E-state index contributed by atoms with van der Waals surface area (Å²) in [4.78, 5) is 11.0. The molecule has 0 aromatic heterocycles. The Labute approximate surface area is 74.0 Å². The van der Waals surface area contributed by atoms with Crippen LogP contribution in [-0.4, -0.2) is 16.5 Å². The summed E-state index contributed by atoms with van der Waals surface area (Å²) in [5.41, 5.74) is -0.603. The van der Waals surface area contributed by atoms with Crippen molar-refractivity contribution in [3.05, 3.63) is 0 Å². The highest BCUT2D eigenvalue weighted by molar-refractivity contribution is 5.78. The van der Waals surface area contributed by atoms with Gasteiger partial charge in [0.2, 0.25) is 0 Å². The Morgan fingerprint density at radius 2 is 2.08 bits per heavy atom. The van der Waals surface area contributed by atoms with Crippen LogP contribution >= 0.6 is 0 Å². The first-order chi connectivity index (χ1) is 5.34. The molecule has 3 atom stereocenters. The van der Waals surface area contributed by atoms with Gasteiger partial charge in [-0.25, -0.2) is 0 Å². The van der Waals surface area contributed by atoms with Crippen molar-refractivity contribution in [1.82, 2.24) is 0 Å². The number of rotatable bonds is 3. The lowest BCUT2D eigenvalue weighted by Gasteiger charge is -2.18. The second kappa shape index (κ2) is 2.84. The van der Waals surface area contributed by atoms with E-state index in [-0.39, 0.29) is 11.7 Å². The Morgan fingerprint density at radius 1 is 1.58 bits per heavy atom. The van der Waals surface area contributed by atoms with Crippen molar-refractivity contribution >= 4 is 5.78 Å². The number of ketones is 1. The molecule has 1 aliphatic carbocycles. The second-order valence-corrected chi connectivity index (χ2v) is 4.56. The van der Waals surface area contributed by atoms with Gasteiger partial charge in [-0.2, -0.15) is 0 Å². The van der Waals surface area contributed by atoms with Crippen LogP contribution in [0.2, 0.25) is 0 Å². The maximum absolute atomic E-state index is 11.0. The summed E-state index contributed by atoms with van der Waals surface area (Å²) in [6.07, 6.45) is 1.00. The number of carbonyl (C=O) groups excluding carboxylic acids is 1. The van der Waals surface area contributed by atoms with E-state index in [4.69, 9.17) is 0 Å². The van der Waals surface area contributed by atoms with Gasteiger partial charge in [0.1, 0.15) is 5.78 Å². The molecular formula is C10H18O2. The molecule has 2 nitrogen and oxygen atoms in total.